The third-order valence-corrected chi connectivity index (χ3v) is 7.79. The fourth-order valence-electron chi connectivity index (χ4n) is 5.11. The van der Waals surface area contributed by atoms with E-state index in [0.717, 1.165) is 62.9 Å². The topological polar surface area (TPSA) is 30.9 Å². The van der Waals surface area contributed by atoms with Gasteiger partial charge in [0.1, 0.15) is 23.4 Å². The third-order valence-electron chi connectivity index (χ3n) is 6.81. The number of fused-ring (bicyclic) bond motifs is 1. The molecular formula is C27H29FINO3. The smallest absolute Gasteiger partial charge is 0.143 e. The Labute approximate surface area is 208 Å². The van der Waals surface area contributed by atoms with E-state index in [4.69, 9.17) is 14.2 Å². The lowest BCUT2D eigenvalue weighted by Gasteiger charge is -2.46. The van der Waals surface area contributed by atoms with Gasteiger partial charge < -0.3 is 19.1 Å². The summed E-state index contributed by atoms with van der Waals surface area (Å²) in [7, 11) is 5.49. The summed E-state index contributed by atoms with van der Waals surface area (Å²) >= 11 is 2.29. The van der Waals surface area contributed by atoms with Gasteiger partial charge in [0.2, 0.25) is 0 Å². The van der Waals surface area contributed by atoms with Crippen LogP contribution in [0.4, 0.5) is 4.39 Å². The normalized spacial score (nSPS) is 16.9. The first kappa shape index (κ1) is 23.8. The molecule has 33 heavy (non-hydrogen) atoms. The van der Waals surface area contributed by atoms with Crippen molar-refractivity contribution in [1.82, 2.24) is 4.90 Å². The molecule has 1 unspecified atom stereocenters. The second kappa shape index (κ2) is 9.89. The molecule has 0 aliphatic carbocycles. The molecule has 1 atom stereocenters. The van der Waals surface area contributed by atoms with Crippen LogP contribution in [0.25, 0.3) is 10.8 Å². The molecule has 1 aliphatic rings. The number of halogens is 2. The van der Waals surface area contributed by atoms with Crippen molar-refractivity contribution in [3.63, 3.8) is 0 Å². The Hall–Kier alpha value is -2.32. The van der Waals surface area contributed by atoms with Gasteiger partial charge >= 0.3 is 0 Å². The van der Waals surface area contributed by atoms with E-state index in [-0.39, 0.29) is 17.3 Å². The van der Waals surface area contributed by atoms with Gasteiger partial charge in [-0.2, -0.15) is 0 Å². The van der Waals surface area contributed by atoms with Crippen molar-refractivity contribution in [2.45, 2.75) is 24.4 Å². The van der Waals surface area contributed by atoms with Gasteiger partial charge in [-0.05, 0) is 78.7 Å². The monoisotopic (exact) mass is 561 g/mol. The molecule has 3 aromatic rings. The molecule has 4 nitrogen and oxygen atoms in total. The Morgan fingerprint density at radius 2 is 1.61 bits per heavy atom. The maximum atomic E-state index is 13.9. The number of ether oxygens (including phenoxy) is 3. The summed E-state index contributed by atoms with van der Waals surface area (Å²) < 4.78 is 33.0. The summed E-state index contributed by atoms with van der Waals surface area (Å²) in [6, 6.07) is 15.0. The quantitative estimate of drug-likeness (QED) is 0.245. The fraction of sp³-hybridized carbons (Fsp3) is 0.333. The molecule has 4 rings (SSSR count). The van der Waals surface area contributed by atoms with Crippen LogP contribution in [0.15, 0.2) is 61.4 Å². The Bertz CT molecular complexity index is 1140. The summed E-state index contributed by atoms with van der Waals surface area (Å²) in [5, 5.41) is 2.01. The highest BCUT2D eigenvalue weighted by atomic mass is 127. The van der Waals surface area contributed by atoms with E-state index in [1.165, 1.54) is 18.4 Å². The molecule has 0 aromatic heterocycles. The Balaban J connectivity index is 2.04. The molecule has 6 heteroatoms. The summed E-state index contributed by atoms with van der Waals surface area (Å²) in [6.45, 7) is 5.72. The number of nitrogens with zero attached hydrogens (tertiary/aromatic N) is 1. The van der Waals surface area contributed by atoms with Crippen molar-refractivity contribution < 1.29 is 18.6 Å². The molecule has 0 N–H and O–H groups in total. The lowest BCUT2D eigenvalue weighted by molar-refractivity contribution is 0.0220. The van der Waals surface area contributed by atoms with Gasteiger partial charge in [0, 0.05) is 16.4 Å². The highest BCUT2D eigenvalue weighted by molar-refractivity contribution is 14.1. The molecule has 0 spiro atoms. The van der Waals surface area contributed by atoms with Crippen LogP contribution in [0.5, 0.6) is 11.5 Å². The van der Waals surface area contributed by atoms with E-state index in [2.05, 4.69) is 53.3 Å². The van der Waals surface area contributed by atoms with Crippen molar-refractivity contribution in [2.75, 3.05) is 34.4 Å². The number of rotatable bonds is 7. The van der Waals surface area contributed by atoms with Crippen LogP contribution >= 0.6 is 22.6 Å². The standard InChI is InChI=1S/C27H29FINO3/c1-5-33-26(27(14-16-30(2)17-15-27)18-10-12-19(28)13-11-18)22-20-8-6-7-9-21(20)24(31-3)23(29)25(22)32-4/h5-13,26H,1,14-17H2,2-4H3. The van der Waals surface area contributed by atoms with Gasteiger partial charge in [0.15, 0.2) is 0 Å². The second-order valence-corrected chi connectivity index (χ2v) is 9.57. The first-order valence-corrected chi connectivity index (χ1v) is 12.1. The number of likely N-dealkylation sites (tertiary alicyclic amines) is 1. The van der Waals surface area contributed by atoms with Gasteiger partial charge in [-0.25, -0.2) is 4.39 Å². The van der Waals surface area contributed by atoms with E-state index >= 15 is 0 Å². The number of hydrogen-bond acceptors (Lipinski definition) is 4. The SMILES string of the molecule is C=COC(c1c(OC)c(I)c(OC)c2ccccc12)C1(c2ccc(F)cc2)CCN(C)CC1. The summed E-state index contributed by atoms with van der Waals surface area (Å²) in [6.07, 6.45) is 2.84. The minimum Gasteiger partial charge on any atom is -0.495 e. The fourth-order valence-corrected chi connectivity index (χ4v) is 6.13. The van der Waals surface area contributed by atoms with Crippen LogP contribution in [0.2, 0.25) is 0 Å². The van der Waals surface area contributed by atoms with Crippen molar-refractivity contribution in [3.05, 3.63) is 81.9 Å². The predicted molar refractivity (Wildman–Crippen MR) is 139 cm³/mol. The first-order chi connectivity index (χ1) is 16.0. The van der Waals surface area contributed by atoms with Gasteiger partial charge in [0.05, 0.1) is 24.1 Å². The van der Waals surface area contributed by atoms with E-state index in [9.17, 15) is 4.39 Å². The zero-order valence-corrected chi connectivity index (χ0v) is 21.4. The zero-order chi connectivity index (χ0) is 23.6. The zero-order valence-electron chi connectivity index (χ0n) is 19.2. The molecule has 0 saturated carbocycles. The van der Waals surface area contributed by atoms with Crippen molar-refractivity contribution in [3.8, 4) is 11.5 Å². The summed E-state index contributed by atoms with van der Waals surface area (Å²) in [5.41, 5.74) is 1.63. The minimum atomic E-state index is -0.387. The lowest BCUT2D eigenvalue weighted by atomic mass is 9.66. The summed E-state index contributed by atoms with van der Waals surface area (Å²) in [4.78, 5) is 2.32. The van der Waals surface area contributed by atoms with Crippen LogP contribution in [0.3, 0.4) is 0 Å². The van der Waals surface area contributed by atoms with Crippen molar-refractivity contribution >= 4 is 33.4 Å². The highest BCUT2D eigenvalue weighted by Crippen LogP contribution is 2.54. The minimum absolute atomic E-state index is 0.245. The number of piperidine rings is 1. The Morgan fingerprint density at radius 1 is 1.00 bits per heavy atom. The first-order valence-electron chi connectivity index (χ1n) is 11.0. The molecule has 1 saturated heterocycles. The molecule has 1 aliphatic heterocycles. The molecule has 0 amide bonds. The largest absolute Gasteiger partial charge is 0.495 e. The van der Waals surface area contributed by atoms with Crippen LogP contribution in [-0.4, -0.2) is 39.3 Å². The van der Waals surface area contributed by atoms with Crippen LogP contribution in [0.1, 0.15) is 30.1 Å². The molecule has 0 radical (unpaired) electrons. The third kappa shape index (κ3) is 4.19. The second-order valence-electron chi connectivity index (χ2n) is 8.49. The Morgan fingerprint density at radius 3 is 2.18 bits per heavy atom. The van der Waals surface area contributed by atoms with Crippen LogP contribution < -0.4 is 9.47 Å². The molecule has 3 aromatic carbocycles. The number of hydrogen-bond donors (Lipinski definition) is 0. The molecular weight excluding hydrogens is 532 g/mol. The molecule has 1 fully saturated rings. The predicted octanol–water partition coefficient (Wildman–Crippen LogP) is 6.47. The average molecular weight is 561 g/mol. The highest BCUT2D eigenvalue weighted by Gasteiger charge is 2.46. The van der Waals surface area contributed by atoms with E-state index in [1.54, 1.807) is 14.2 Å². The average Bonchev–Trinajstić information content (AvgIpc) is 2.83. The van der Waals surface area contributed by atoms with Gasteiger partial charge in [-0.3, -0.25) is 0 Å². The van der Waals surface area contributed by atoms with E-state index in [0.29, 0.717) is 0 Å². The van der Waals surface area contributed by atoms with E-state index in [1.807, 2.05) is 24.3 Å². The lowest BCUT2D eigenvalue weighted by Crippen LogP contribution is -2.45. The van der Waals surface area contributed by atoms with Crippen LogP contribution in [-0.2, 0) is 10.2 Å². The molecule has 0 bridgehead atoms. The number of benzene rings is 3. The molecule has 174 valence electrons. The Kier molecular flexibility index (Phi) is 7.14. The molecule has 1 heterocycles. The summed E-state index contributed by atoms with van der Waals surface area (Å²) in [5.74, 6) is 1.27. The van der Waals surface area contributed by atoms with Gasteiger partial charge in [-0.15, -0.1) is 0 Å². The van der Waals surface area contributed by atoms with Crippen molar-refractivity contribution in [1.29, 1.82) is 0 Å². The van der Waals surface area contributed by atoms with Crippen molar-refractivity contribution in [2.24, 2.45) is 0 Å². The maximum Gasteiger partial charge on any atom is 0.143 e. The van der Waals surface area contributed by atoms with Gasteiger partial charge in [0.25, 0.3) is 0 Å². The van der Waals surface area contributed by atoms with E-state index < -0.39 is 0 Å². The number of methoxy groups -OCH3 is 2. The maximum absolute atomic E-state index is 13.9. The van der Waals surface area contributed by atoms with Gasteiger partial charge in [-0.1, -0.05) is 43.0 Å². The van der Waals surface area contributed by atoms with Crippen LogP contribution in [0, 0.1) is 9.39 Å².